The van der Waals surface area contributed by atoms with Crippen LogP contribution < -0.4 is 0 Å². The van der Waals surface area contributed by atoms with E-state index in [0.717, 1.165) is 10.0 Å². The summed E-state index contributed by atoms with van der Waals surface area (Å²) in [7, 11) is 0. The van der Waals surface area contributed by atoms with E-state index in [1.807, 2.05) is 12.1 Å². The van der Waals surface area contributed by atoms with Crippen molar-refractivity contribution in [1.29, 1.82) is 0 Å². The van der Waals surface area contributed by atoms with Gasteiger partial charge in [0.1, 0.15) is 5.82 Å². The van der Waals surface area contributed by atoms with Crippen molar-refractivity contribution in [2.45, 2.75) is 12.3 Å². The molecule has 5 heteroatoms. The monoisotopic (exact) mass is 380 g/mol. The van der Waals surface area contributed by atoms with Gasteiger partial charge < -0.3 is 0 Å². The number of hydrogen-bond acceptors (Lipinski definition) is 0. The third-order valence-electron chi connectivity index (χ3n) is 2.79. The molecule has 0 nitrogen and oxygen atoms in total. The fraction of sp³-hybridized carbons (Fsp3) is 0.143. The molecule has 0 amide bonds. The maximum atomic E-state index is 13.4. The largest absolute Gasteiger partial charge is 0.207 e. The van der Waals surface area contributed by atoms with Gasteiger partial charge in [0.05, 0.1) is 5.38 Å². The van der Waals surface area contributed by atoms with E-state index in [4.69, 9.17) is 34.8 Å². The quantitative estimate of drug-likeness (QED) is 0.518. The van der Waals surface area contributed by atoms with Crippen LogP contribution in [0, 0.1) is 12.7 Å². The Morgan fingerprint density at radius 1 is 1.05 bits per heavy atom. The molecule has 0 aliphatic heterocycles. The first kappa shape index (κ1) is 15.1. The van der Waals surface area contributed by atoms with Crippen molar-refractivity contribution >= 4 is 50.7 Å². The number of halogens is 5. The van der Waals surface area contributed by atoms with E-state index < -0.39 is 5.38 Å². The summed E-state index contributed by atoms with van der Waals surface area (Å²) in [6.45, 7) is 1.67. The van der Waals surface area contributed by atoms with Crippen molar-refractivity contribution in [2.75, 3.05) is 0 Å². The molecule has 100 valence electrons. The van der Waals surface area contributed by atoms with Crippen molar-refractivity contribution in [1.82, 2.24) is 0 Å². The Balaban J connectivity index is 2.49. The highest BCUT2D eigenvalue weighted by atomic mass is 79.9. The van der Waals surface area contributed by atoms with Gasteiger partial charge in [-0.05, 0) is 47.9 Å². The molecule has 1 unspecified atom stereocenters. The predicted molar refractivity (Wildman–Crippen MR) is 83.0 cm³/mol. The van der Waals surface area contributed by atoms with Crippen LogP contribution in [0.25, 0.3) is 0 Å². The molecule has 2 aromatic carbocycles. The zero-order chi connectivity index (χ0) is 14.2. The van der Waals surface area contributed by atoms with Gasteiger partial charge in [0.2, 0.25) is 0 Å². The summed E-state index contributed by atoms with van der Waals surface area (Å²) in [5.74, 6) is -0.348. The molecule has 0 aliphatic carbocycles. The SMILES string of the molecule is Cc1cc(C(Cl)c2ccc(Br)cc2Cl)c(Cl)cc1F. The van der Waals surface area contributed by atoms with Crippen molar-refractivity contribution in [3.05, 3.63) is 67.4 Å². The van der Waals surface area contributed by atoms with Crippen molar-refractivity contribution in [2.24, 2.45) is 0 Å². The van der Waals surface area contributed by atoms with Crippen LogP contribution in [0.3, 0.4) is 0 Å². The Kier molecular flexibility index (Phi) is 4.78. The Labute approximate surface area is 134 Å². The molecule has 0 fully saturated rings. The fourth-order valence-corrected chi connectivity index (χ4v) is 3.27. The topological polar surface area (TPSA) is 0 Å². The summed E-state index contributed by atoms with van der Waals surface area (Å²) in [6.07, 6.45) is 0. The third kappa shape index (κ3) is 3.25. The van der Waals surface area contributed by atoms with Crippen LogP contribution in [0.2, 0.25) is 10.0 Å². The molecule has 0 radical (unpaired) electrons. The highest BCUT2D eigenvalue weighted by molar-refractivity contribution is 9.10. The molecule has 0 heterocycles. The van der Waals surface area contributed by atoms with E-state index >= 15 is 0 Å². The molecular weight excluding hydrogens is 373 g/mol. The van der Waals surface area contributed by atoms with Gasteiger partial charge in [0.25, 0.3) is 0 Å². The molecule has 0 saturated carbocycles. The minimum Gasteiger partial charge on any atom is -0.207 e. The Hall–Kier alpha value is -0.280. The fourth-order valence-electron chi connectivity index (χ4n) is 1.75. The van der Waals surface area contributed by atoms with Crippen LogP contribution in [0.15, 0.2) is 34.8 Å². The normalized spacial score (nSPS) is 12.5. The lowest BCUT2D eigenvalue weighted by molar-refractivity contribution is 0.618. The number of benzene rings is 2. The first-order valence-electron chi connectivity index (χ1n) is 5.44. The first-order valence-corrected chi connectivity index (χ1v) is 7.43. The zero-order valence-electron chi connectivity index (χ0n) is 9.85. The summed E-state index contributed by atoms with van der Waals surface area (Å²) < 4.78 is 14.3. The van der Waals surface area contributed by atoms with Gasteiger partial charge in [0.15, 0.2) is 0 Å². The van der Waals surface area contributed by atoms with Crippen molar-refractivity contribution in [3.8, 4) is 0 Å². The number of hydrogen-bond donors (Lipinski definition) is 0. The first-order chi connectivity index (χ1) is 8.90. The second-order valence-electron chi connectivity index (χ2n) is 4.15. The van der Waals surface area contributed by atoms with E-state index in [-0.39, 0.29) is 5.82 Å². The lowest BCUT2D eigenvalue weighted by atomic mass is 10.0. The van der Waals surface area contributed by atoms with Gasteiger partial charge >= 0.3 is 0 Å². The van der Waals surface area contributed by atoms with E-state index in [2.05, 4.69) is 15.9 Å². The summed E-state index contributed by atoms with van der Waals surface area (Å²) >= 11 is 22.0. The van der Waals surface area contributed by atoms with E-state index in [1.165, 1.54) is 6.07 Å². The molecular formula is C14H9BrCl3F. The molecule has 0 bridgehead atoms. The second-order valence-corrected chi connectivity index (χ2v) is 6.32. The summed E-state index contributed by atoms with van der Waals surface area (Å²) in [5.41, 5.74) is 1.88. The third-order valence-corrected chi connectivity index (χ3v) is 4.40. The van der Waals surface area contributed by atoms with Crippen molar-refractivity contribution in [3.63, 3.8) is 0 Å². The molecule has 0 aromatic heterocycles. The highest BCUT2D eigenvalue weighted by Gasteiger charge is 2.18. The average molecular weight is 382 g/mol. The van der Waals surface area contributed by atoms with Crippen LogP contribution in [0.4, 0.5) is 4.39 Å². The van der Waals surface area contributed by atoms with E-state index in [1.54, 1.807) is 19.1 Å². The van der Waals surface area contributed by atoms with E-state index in [0.29, 0.717) is 21.2 Å². The maximum absolute atomic E-state index is 13.4. The molecule has 2 rings (SSSR count). The maximum Gasteiger partial charge on any atom is 0.127 e. The second kappa shape index (κ2) is 6.01. The van der Waals surface area contributed by atoms with Crippen LogP contribution >= 0.6 is 50.7 Å². The Morgan fingerprint density at radius 3 is 2.32 bits per heavy atom. The van der Waals surface area contributed by atoms with Crippen molar-refractivity contribution < 1.29 is 4.39 Å². The van der Waals surface area contributed by atoms with Crippen LogP contribution in [0.1, 0.15) is 22.1 Å². The van der Waals surface area contributed by atoms with Gasteiger partial charge in [0, 0.05) is 14.5 Å². The lowest BCUT2D eigenvalue weighted by Crippen LogP contribution is -1.98. The lowest BCUT2D eigenvalue weighted by Gasteiger charge is -2.15. The smallest absolute Gasteiger partial charge is 0.127 e. The van der Waals surface area contributed by atoms with E-state index in [9.17, 15) is 4.39 Å². The highest BCUT2D eigenvalue weighted by Crippen LogP contribution is 2.38. The number of alkyl halides is 1. The number of aryl methyl sites for hydroxylation is 1. The summed E-state index contributed by atoms with van der Waals surface area (Å²) in [6, 6.07) is 8.35. The molecule has 0 saturated heterocycles. The van der Waals surface area contributed by atoms with Gasteiger partial charge in [-0.2, -0.15) is 0 Å². The van der Waals surface area contributed by atoms with Gasteiger partial charge in [-0.3, -0.25) is 0 Å². The molecule has 19 heavy (non-hydrogen) atoms. The Morgan fingerprint density at radius 2 is 1.68 bits per heavy atom. The van der Waals surface area contributed by atoms with Crippen LogP contribution in [0.5, 0.6) is 0 Å². The van der Waals surface area contributed by atoms with Gasteiger partial charge in [-0.15, -0.1) is 11.6 Å². The van der Waals surface area contributed by atoms with Crippen LogP contribution in [-0.4, -0.2) is 0 Å². The molecule has 0 spiro atoms. The predicted octanol–water partition coefficient (Wildman–Crippen LogP) is 6.53. The number of rotatable bonds is 2. The minimum absolute atomic E-state index is 0.294. The van der Waals surface area contributed by atoms with Crippen LogP contribution in [-0.2, 0) is 0 Å². The van der Waals surface area contributed by atoms with Gasteiger partial charge in [-0.1, -0.05) is 45.2 Å². The average Bonchev–Trinajstić information content (AvgIpc) is 2.33. The Bertz CT molecular complexity index is 628. The summed E-state index contributed by atoms with van der Waals surface area (Å²) in [5, 5.41) is 0.307. The minimum atomic E-state index is -0.521. The standard InChI is InChI=1S/C14H9BrCl3F/c1-7-4-10(12(17)6-13(7)19)14(18)9-3-2-8(15)5-11(9)16/h2-6,14H,1H3. The van der Waals surface area contributed by atoms with Gasteiger partial charge in [-0.25, -0.2) is 4.39 Å². The zero-order valence-corrected chi connectivity index (χ0v) is 13.7. The molecule has 0 aliphatic rings. The molecule has 2 aromatic rings. The molecule has 0 N–H and O–H groups in total. The molecule has 1 atom stereocenters. The summed E-state index contributed by atoms with van der Waals surface area (Å²) in [4.78, 5) is 0.